The number of hydrogen-bond acceptors (Lipinski definition) is 6. The van der Waals surface area contributed by atoms with Crippen LogP contribution in [0, 0.1) is 5.82 Å². The van der Waals surface area contributed by atoms with Crippen molar-refractivity contribution in [3.63, 3.8) is 0 Å². The largest absolute Gasteiger partial charge is 0.445 e. The molecule has 0 aromatic heterocycles. The summed E-state index contributed by atoms with van der Waals surface area (Å²) < 4.78 is 54.1. The molecule has 0 radical (unpaired) electrons. The normalized spacial score (nSPS) is 25.0. The van der Waals surface area contributed by atoms with Gasteiger partial charge in [0.15, 0.2) is 0 Å². The number of ether oxygens (including phenoxy) is 1. The molecule has 0 bridgehead atoms. The molecule has 3 atom stereocenters. The smallest absolute Gasteiger partial charge is 0.410 e. The molecule has 0 saturated carbocycles. The van der Waals surface area contributed by atoms with Crippen molar-refractivity contribution in [2.75, 3.05) is 6.54 Å². The van der Waals surface area contributed by atoms with Gasteiger partial charge < -0.3 is 9.64 Å². The molecule has 0 aliphatic carbocycles. The Bertz CT molecular complexity index is 1030. The zero-order chi connectivity index (χ0) is 21.3. The van der Waals surface area contributed by atoms with Crippen LogP contribution in [0.25, 0.3) is 0 Å². The van der Waals surface area contributed by atoms with Gasteiger partial charge in [-0.3, -0.25) is 0 Å². The van der Waals surface area contributed by atoms with Crippen molar-refractivity contribution in [3.05, 3.63) is 69.9 Å². The Morgan fingerprint density at radius 1 is 1.17 bits per heavy atom. The van der Waals surface area contributed by atoms with E-state index in [0.29, 0.717) is 5.56 Å². The van der Waals surface area contributed by atoms with E-state index in [0.717, 1.165) is 5.56 Å². The molecule has 2 aromatic carbocycles. The summed E-state index contributed by atoms with van der Waals surface area (Å²) in [5.74, 6) is -0.473. The van der Waals surface area contributed by atoms with Crippen LogP contribution in [0.4, 0.5) is 9.18 Å². The molecule has 2 heterocycles. The lowest BCUT2D eigenvalue weighted by Crippen LogP contribution is -2.56. The van der Waals surface area contributed by atoms with Crippen molar-refractivity contribution in [1.82, 2.24) is 4.90 Å². The number of amides is 1. The van der Waals surface area contributed by atoms with Crippen LogP contribution in [0.1, 0.15) is 17.5 Å². The summed E-state index contributed by atoms with van der Waals surface area (Å²) in [4.78, 5) is 14.2. The molecule has 0 spiro atoms. The first-order chi connectivity index (χ1) is 14.3. The van der Waals surface area contributed by atoms with Crippen LogP contribution >= 0.6 is 15.9 Å². The van der Waals surface area contributed by atoms with E-state index in [4.69, 9.17) is 13.1 Å². The zero-order valence-corrected chi connectivity index (χ0v) is 18.1. The first-order valence-corrected chi connectivity index (χ1v) is 11.5. The number of fused-ring (bicyclic) bond motifs is 1. The summed E-state index contributed by atoms with van der Waals surface area (Å²) in [5, 5.41) is 0. The Kier molecular flexibility index (Phi) is 6.10. The molecule has 4 rings (SSSR count). The standard InChI is InChI=1S/C20H19BrFNO6S/c21-15-8-4-7-14(18(15)22)11-16-19-17(28-30(25,26)29-19)9-10-23(16)20(24)27-12-13-5-2-1-3-6-13/h1-8,16-17,19H,9-12H2/t16-,17+,19-/m1/s1. The molecule has 2 fully saturated rings. The first kappa shape index (κ1) is 21.2. The average Bonchev–Trinajstić information content (AvgIpc) is 3.05. The number of rotatable bonds is 4. The Morgan fingerprint density at radius 2 is 1.93 bits per heavy atom. The number of halogens is 2. The number of nitrogens with zero attached hydrogens (tertiary/aromatic N) is 1. The van der Waals surface area contributed by atoms with Gasteiger partial charge in [-0.15, -0.1) is 0 Å². The van der Waals surface area contributed by atoms with E-state index in [9.17, 15) is 17.6 Å². The van der Waals surface area contributed by atoms with Crippen molar-refractivity contribution in [1.29, 1.82) is 0 Å². The van der Waals surface area contributed by atoms with Crippen molar-refractivity contribution in [2.24, 2.45) is 0 Å². The minimum Gasteiger partial charge on any atom is -0.445 e. The molecule has 160 valence electrons. The second-order valence-electron chi connectivity index (χ2n) is 7.11. The first-order valence-electron chi connectivity index (χ1n) is 9.36. The van der Waals surface area contributed by atoms with Gasteiger partial charge in [0.25, 0.3) is 0 Å². The Morgan fingerprint density at radius 3 is 2.70 bits per heavy atom. The van der Waals surface area contributed by atoms with E-state index in [1.165, 1.54) is 4.90 Å². The van der Waals surface area contributed by atoms with Crippen LogP contribution < -0.4 is 0 Å². The third-order valence-corrected chi connectivity index (χ3v) is 6.72. The predicted molar refractivity (Wildman–Crippen MR) is 108 cm³/mol. The Balaban J connectivity index is 1.57. The van der Waals surface area contributed by atoms with Crippen LogP contribution in [-0.4, -0.2) is 44.2 Å². The van der Waals surface area contributed by atoms with Crippen LogP contribution in [0.15, 0.2) is 53.0 Å². The van der Waals surface area contributed by atoms with Crippen molar-refractivity contribution in [3.8, 4) is 0 Å². The molecule has 30 heavy (non-hydrogen) atoms. The van der Waals surface area contributed by atoms with Gasteiger partial charge in [0, 0.05) is 6.54 Å². The Labute approximate surface area is 182 Å². The molecule has 2 aromatic rings. The fourth-order valence-electron chi connectivity index (χ4n) is 3.75. The van der Waals surface area contributed by atoms with Gasteiger partial charge in [-0.1, -0.05) is 42.5 Å². The fourth-order valence-corrected chi connectivity index (χ4v) is 5.23. The number of likely N-dealkylation sites (tertiary alicyclic amines) is 1. The van der Waals surface area contributed by atoms with Crippen molar-refractivity contribution < 1.29 is 30.7 Å². The van der Waals surface area contributed by atoms with Gasteiger partial charge in [0.2, 0.25) is 0 Å². The van der Waals surface area contributed by atoms with E-state index >= 15 is 0 Å². The van der Waals surface area contributed by atoms with Gasteiger partial charge in [0.1, 0.15) is 24.6 Å². The number of benzene rings is 2. The minimum atomic E-state index is -4.16. The molecule has 2 saturated heterocycles. The predicted octanol–water partition coefficient (Wildman–Crippen LogP) is 3.57. The fraction of sp³-hybridized carbons (Fsp3) is 0.350. The quantitative estimate of drug-likeness (QED) is 0.639. The molecule has 1 amide bonds. The average molecular weight is 500 g/mol. The summed E-state index contributed by atoms with van der Waals surface area (Å²) >= 11 is 3.15. The highest BCUT2D eigenvalue weighted by Gasteiger charge is 2.51. The molecular formula is C20H19BrFNO6S. The maximum atomic E-state index is 14.6. The van der Waals surface area contributed by atoms with Crippen LogP contribution in [0.2, 0.25) is 0 Å². The highest BCUT2D eigenvalue weighted by atomic mass is 79.9. The number of carbonyl (C=O) groups is 1. The van der Waals surface area contributed by atoms with Gasteiger partial charge in [-0.2, -0.15) is 8.42 Å². The summed E-state index contributed by atoms with van der Waals surface area (Å²) in [7, 11) is -4.16. The van der Waals surface area contributed by atoms with Crippen LogP contribution in [0.5, 0.6) is 0 Å². The maximum absolute atomic E-state index is 14.6. The molecule has 0 N–H and O–H groups in total. The van der Waals surface area contributed by atoms with Crippen LogP contribution in [0.3, 0.4) is 0 Å². The zero-order valence-electron chi connectivity index (χ0n) is 15.7. The minimum absolute atomic E-state index is 0.0474. The lowest BCUT2D eigenvalue weighted by Gasteiger charge is -2.39. The van der Waals surface area contributed by atoms with Crippen molar-refractivity contribution >= 4 is 32.4 Å². The van der Waals surface area contributed by atoms with E-state index in [1.807, 2.05) is 30.3 Å². The lowest BCUT2D eigenvalue weighted by molar-refractivity contribution is -0.00491. The monoisotopic (exact) mass is 499 g/mol. The SMILES string of the molecule is O=C(OCc1ccccc1)N1CC[C@@H]2OS(=O)(=O)O[C@@H]2[C@H]1Cc1cccc(Br)c1F. The second-order valence-corrected chi connectivity index (χ2v) is 9.17. The second kappa shape index (κ2) is 8.62. The summed E-state index contributed by atoms with van der Waals surface area (Å²) in [6.45, 7) is 0.270. The third kappa shape index (κ3) is 4.51. The molecular weight excluding hydrogens is 481 g/mol. The van der Waals surface area contributed by atoms with E-state index in [2.05, 4.69) is 15.9 Å². The maximum Gasteiger partial charge on any atom is 0.410 e. The summed E-state index contributed by atoms with van der Waals surface area (Å²) in [5.41, 5.74) is 1.14. The lowest BCUT2D eigenvalue weighted by atomic mass is 9.91. The van der Waals surface area contributed by atoms with E-state index < -0.39 is 40.6 Å². The summed E-state index contributed by atoms with van der Waals surface area (Å²) in [6.07, 6.45) is -1.97. The molecule has 2 aliphatic heterocycles. The summed E-state index contributed by atoms with van der Waals surface area (Å²) in [6, 6.07) is 13.2. The van der Waals surface area contributed by atoms with E-state index in [1.54, 1.807) is 18.2 Å². The van der Waals surface area contributed by atoms with Gasteiger partial charge in [-0.25, -0.2) is 17.6 Å². The van der Waals surface area contributed by atoms with Crippen molar-refractivity contribution in [2.45, 2.75) is 37.7 Å². The highest BCUT2D eigenvalue weighted by molar-refractivity contribution is 9.10. The Hall–Kier alpha value is -2.01. The molecule has 7 nitrogen and oxygen atoms in total. The number of piperidine rings is 1. The molecule has 2 aliphatic rings. The number of hydrogen-bond donors (Lipinski definition) is 0. The van der Waals surface area contributed by atoms with Gasteiger partial charge in [-0.05, 0) is 46.0 Å². The van der Waals surface area contributed by atoms with Crippen LogP contribution in [-0.2, 0) is 36.5 Å². The van der Waals surface area contributed by atoms with Gasteiger partial charge in [0.05, 0.1) is 10.5 Å². The van der Waals surface area contributed by atoms with E-state index in [-0.39, 0.29) is 30.5 Å². The number of carbonyl (C=O) groups excluding carboxylic acids is 1. The molecule has 10 heteroatoms. The third-order valence-electron chi connectivity index (χ3n) is 5.17. The topological polar surface area (TPSA) is 82.1 Å². The van der Waals surface area contributed by atoms with Gasteiger partial charge >= 0.3 is 16.5 Å². The highest BCUT2D eigenvalue weighted by Crippen LogP contribution is 2.34. The molecule has 0 unspecified atom stereocenters.